The van der Waals surface area contributed by atoms with E-state index in [-0.39, 0.29) is 34.6 Å². The van der Waals surface area contributed by atoms with Crippen LogP contribution in [0.15, 0.2) is 25.7 Å². The normalized spacial score (nSPS) is 14.8. The van der Waals surface area contributed by atoms with Crippen LogP contribution >= 0.6 is 23.5 Å². The number of methoxy groups -OCH3 is 1. The number of nitrogens with zero attached hydrogens (tertiary/aromatic N) is 3. The molecular formula is C26H35N3O7S2. The summed E-state index contributed by atoms with van der Waals surface area (Å²) >= 11 is 2.29. The number of unbranched alkanes of at least 4 members (excludes halogenated alkanes) is 2. The Labute approximate surface area is 232 Å². The van der Waals surface area contributed by atoms with E-state index in [0.717, 1.165) is 49.2 Å². The topological polar surface area (TPSA) is 106 Å². The number of thioether (sulfide) groups is 2. The molecule has 0 saturated carbocycles. The van der Waals surface area contributed by atoms with Crippen LogP contribution in [0.4, 0.5) is 4.79 Å². The van der Waals surface area contributed by atoms with Gasteiger partial charge in [0.15, 0.2) is 17.2 Å². The molecule has 0 N–H and O–H groups in total. The molecule has 0 unspecified atom stereocenters. The lowest BCUT2D eigenvalue weighted by Gasteiger charge is -2.27. The molecule has 2 heterocycles. The van der Waals surface area contributed by atoms with Crippen LogP contribution < -0.4 is 14.2 Å². The third-order valence-corrected chi connectivity index (χ3v) is 8.65. The second kappa shape index (κ2) is 13.3. The number of hydrogen-bond donors (Lipinski definition) is 0. The first-order valence-corrected chi connectivity index (χ1v) is 14.5. The van der Waals surface area contributed by atoms with E-state index in [1.807, 2.05) is 27.7 Å². The molecule has 3 amide bonds. The Bertz CT molecular complexity index is 1110. The summed E-state index contributed by atoms with van der Waals surface area (Å²) in [6, 6.07) is 1.49. The van der Waals surface area contributed by atoms with E-state index in [4.69, 9.17) is 14.2 Å². The fourth-order valence-corrected chi connectivity index (χ4v) is 6.64. The van der Waals surface area contributed by atoms with Gasteiger partial charge in [0.25, 0.3) is 11.8 Å². The molecule has 1 aromatic rings. The van der Waals surface area contributed by atoms with Crippen molar-refractivity contribution in [1.82, 2.24) is 14.9 Å². The lowest BCUT2D eigenvalue weighted by atomic mass is 10.3. The van der Waals surface area contributed by atoms with Crippen molar-refractivity contribution in [2.45, 2.75) is 70.1 Å². The van der Waals surface area contributed by atoms with Crippen molar-refractivity contribution in [3.63, 3.8) is 0 Å². The Balaban J connectivity index is 2.10. The number of benzene rings is 1. The fraction of sp³-hybridized carbons (Fsp3) is 0.538. The Hall–Kier alpha value is -2.86. The van der Waals surface area contributed by atoms with Crippen LogP contribution in [0.3, 0.4) is 0 Å². The van der Waals surface area contributed by atoms with Gasteiger partial charge in [-0.2, -0.15) is 0 Å². The van der Waals surface area contributed by atoms with Crippen molar-refractivity contribution in [2.75, 3.05) is 33.3 Å². The highest BCUT2D eigenvalue weighted by Crippen LogP contribution is 2.61. The van der Waals surface area contributed by atoms with Crippen LogP contribution in [-0.2, 0) is 14.4 Å². The molecule has 0 aromatic heterocycles. The van der Waals surface area contributed by atoms with Crippen molar-refractivity contribution in [1.29, 1.82) is 0 Å². The average Bonchev–Trinajstić information content (AvgIpc) is 3.42. The number of esters is 1. The molecule has 208 valence electrons. The number of amides is 3. The summed E-state index contributed by atoms with van der Waals surface area (Å²) < 4.78 is 17.1. The van der Waals surface area contributed by atoms with Crippen molar-refractivity contribution in [3.8, 4) is 17.2 Å². The second-order valence-corrected chi connectivity index (χ2v) is 10.9. The van der Waals surface area contributed by atoms with E-state index in [1.165, 1.54) is 35.0 Å². The Morgan fingerprint density at radius 2 is 1.42 bits per heavy atom. The number of carbonyl (C=O) groups is 4. The smallest absolute Gasteiger partial charge is 0.415 e. The van der Waals surface area contributed by atoms with E-state index >= 15 is 0 Å². The number of rotatable bonds is 11. The standard InChI is InChI=1S/C26H35N3O7S2/c1-7-11-13-28-23(31)19(24(32)29(28)14-12-8-2)25-37-21-18(36-26(33)27(9-3)10-4)15-17(34-6)20(22(21)38-25)35-16(5)30/h15H,7-14H2,1-6H3. The van der Waals surface area contributed by atoms with E-state index in [0.29, 0.717) is 40.2 Å². The van der Waals surface area contributed by atoms with Crippen LogP contribution in [0, 0.1) is 0 Å². The van der Waals surface area contributed by atoms with Gasteiger partial charge in [-0.05, 0) is 26.7 Å². The third kappa shape index (κ3) is 6.06. The minimum absolute atomic E-state index is 0.0668. The highest BCUT2D eigenvalue weighted by atomic mass is 32.2. The van der Waals surface area contributed by atoms with Gasteiger partial charge in [0.05, 0.1) is 21.1 Å². The zero-order chi connectivity index (χ0) is 28.0. The molecule has 2 aliphatic rings. The maximum Gasteiger partial charge on any atom is 0.415 e. The molecule has 2 aliphatic heterocycles. The average molecular weight is 566 g/mol. The van der Waals surface area contributed by atoms with Crippen molar-refractivity contribution in [3.05, 3.63) is 15.9 Å². The van der Waals surface area contributed by atoms with Gasteiger partial charge in [-0.25, -0.2) is 14.8 Å². The summed E-state index contributed by atoms with van der Waals surface area (Å²) in [5.41, 5.74) is 0.0668. The molecule has 3 rings (SSSR count). The number of ether oxygens (including phenoxy) is 3. The van der Waals surface area contributed by atoms with Crippen LogP contribution in [0.2, 0.25) is 0 Å². The van der Waals surface area contributed by atoms with Crippen LogP contribution in [0.1, 0.15) is 60.3 Å². The van der Waals surface area contributed by atoms with Gasteiger partial charge in [-0.1, -0.05) is 50.2 Å². The van der Waals surface area contributed by atoms with Gasteiger partial charge in [0.1, 0.15) is 5.57 Å². The predicted molar refractivity (Wildman–Crippen MR) is 145 cm³/mol. The van der Waals surface area contributed by atoms with Gasteiger partial charge in [0.2, 0.25) is 0 Å². The summed E-state index contributed by atoms with van der Waals surface area (Å²) in [7, 11) is 1.41. The maximum atomic E-state index is 13.5. The number of carbonyl (C=O) groups excluding carboxylic acids is 4. The van der Waals surface area contributed by atoms with Crippen LogP contribution in [0.25, 0.3) is 0 Å². The molecule has 0 spiro atoms. The monoisotopic (exact) mass is 565 g/mol. The van der Waals surface area contributed by atoms with Crippen molar-refractivity contribution < 1.29 is 33.4 Å². The fourth-order valence-electron chi connectivity index (χ4n) is 3.99. The summed E-state index contributed by atoms with van der Waals surface area (Å²) in [4.78, 5) is 54.2. The summed E-state index contributed by atoms with van der Waals surface area (Å²) in [6.45, 7) is 10.8. The van der Waals surface area contributed by atoms with Gasteiger partial charge >= 0.3 is 12.1 Å². The van der Waals surface area contributed by atoms with E-state index in [1.54, 1.807) is 0 Å². The van der Waals surface area contributed by atoms with E-state index < -0.39 is 12.1 Å². The first kappa shape index (κ1) is 29.7. The molecule has 10 nitrogen and oxygen atoms in total. The molecule has 1 saturated heterocycles. The first-order chi connectivity index (χ1) is 18.2. The molecule has 12 heteroatoms. The Kier molecular flexibility index (Phi) is 10.4. The van der Waals surface area contributed by atoms with Crippen LogP contribution in [-0.4, -0.2) is 72.1 Å². The number of hydrogen-bond acceptors (Lipinski definition) is 9. The minimum atomic E-state index is -0.561. The number of fused-ring (bicyclic) bond motifs is 1. The first-order valence-electron chi connectivity index (χ1n) is 12.9. The van der Waals surface area contributed by atoms with E-state index in [2.05, 4.69) is 0 Å². The molecular weight excluding hydrogens is 530 g/mol. The molecule has 0 bridgehead atoms. The summed E-state index contributed by atoms with van der Waals surface area (Å²) in [5.74, 6) is -0.737. The third-order valence-electron chi connectivity index (χ3n) is 6.04. The molecule has 38 heavy (non-hydrogen) atoms. The minimum Gasteiger partial charge on any atom is -0.493 e. The highest BCUT2D eigenvalue weighted by Gasteiger charge is 2.45. The Morgan fingerprint density at radius 3 is 1.89 bits per heavy atom. The molecule has 1 fully saturated rings. The van der Waals surface area contributed by atoms with Gasteiger partial charge in [-0.15, -0.1) is 0 Å². The maximum absolute atomic E-state index is 13.5. The summed E-state index contributed by atoms with van der Waals surface area (Å²) in [5, 5.41) is 3.06. The summed E-state index contributed by atoms with van der Waals surface area (Å²) in [6.07, 6.45) is 2.75. The zero-order valence-electron chi connectivity index (χ0n) is 22.8. The Morgan fingerprint density at radius 1 is 0.868 bits per heavy atom. The molecule has 0 aliphatic carbocycles. The van der Waals surface area contributed by atoms with Gasteiger partial charge in [-0.3, -0.25) is 14.4 Å². The quantitative estimate of drug-likeness (QED) is 0.158. The predicted octanol–water partition coefficient (Wildman–Crippen LogP) is 5.06. The molecule has 1 aromatic carbocycles. The van der Waals surface area contributed by atoms with Crippen LogP contribution in [0.5, 0.6) is 17.2 Å². The van der Waals surface area contributed by atoms with Gasteiger partial charge < -0.3 is 19.1 Å². The molecule has 0 atom stereocenters. The zero-order valence-corrected chi connectivity index (χ0v) is 24.4. The lowest BCUT2D eigenvalue weighted by Crippen LogP contribution is -2.42. The largest absolute Gasteiger partial charge is 0.493 e. The van der Waals surface area contributed by atoms with Gasteiger partial charge in [0, 0.05) is 39.2 Å². The van der Waals surface area contributed by atoms with Crippen molar-refractivity contribution in [2.24, 2.45) is 0 Å². The molecule has 0 radical (unpaired) electrons. The highest BCUT2D eigenvalue weighted by molar-refractivity contribution is 8.25. The SMILES string of the molecule is CCCCN1C(=O)C(=C2Sc3c(OC(=O)N(CC)CC)cc(OC)c(OC(C)=O)c3S2)C(=O)N1CCCC. The number of hydrazine groups is 1. The second-order valence-electron chi connectivity index (χ2n) is 8.63. The lowest BCUT2D eigenvalue weighted by molar-refractivity contribution is -0.147. The van der Waals surface area contributed by atoms with E-state index in [9.17, 15) is 19.2 Å². The van der Waals surface area contributed by atoms with Crippen molar-refractivity contribution >= 4 is 47.4 Å².